The van der Waals surface area contributed by atoms with Gasteiger partial charge in [-0.1, -0.05) is 18.2 Å². The maximum absolute atomic E-state index is 12.8. The number of thiophene rings is 1. The fraction of sp³-hybridized carbons (Fsp3) is 0.412. The van der Waals surface area contributed by atoms with E-state index in [1.54, 1.807) is 16.4 Å². The number of rotatable bonds is 3. The first-order valence-corrected chi connectivity index (χ1v) is 10.5. The Hall–Kier alpha value is -1.12. The molecule has 0 atom stereocenters. The van der Waals surface area contributed by atoms with Gasteiger partial charge in [-0.3, -0.25) is 0 Å². The van der Waals surface area contributed by atoms with E-state index in [2.05, 4.69) is 29.0 Å². The summed E-state index contributed by atoms with van der Waals surface area (Å²) in [6.07, 6.45) is 0. The second-order valence-corrected chi connectivity index (χ2v) is 9.52. The van der Waals surface area contributed by atoms with E-state index in [1.165, 1.54) is 22.6 Å². The molecule has 8 heteroatoms. The Morgan fingerprint density at radius 2 is 1.76 bits per heavy atom. The average molecular weight is 400 g/mol. The van der Waals surface area contributed by atoms with Crippen molar-refractivity contribution < 1.29 is 8.42 Å². The molecule has 1 aromatic carbocycles. The normalized spacial score (nSPS) is 18.8. The Balaban J connectivity index is 0.00000182. The summed E-state index contributed by atoms with van der Waals surface area (Å²) in [6, 6.07) is 9.71. The molecule has 1 saturated heterocycles. The van der Waals surface area contributed by atoms with Crippen LogP contribution in [-0.2, 0) is 23.1 Å². The lowest BCUT2D eigenvalue weighted by Crippen LogP contribution is -2.44. The van der Waals surface area contributed by atoms with Gasteiger partial charge in [-0.25, -0.2) is 8.42 Å². The number of hydrogen-bond donors (Lipinski definition) is 0. The summed E-state index contributed by atoms with van der Waals surface area (Å²) in [4.78, 5) is 4.72. The smallest absolute Gasteiger partial charge is 0.253 e. The molecule has 0 radical (unpaired) electrons. The lowest BCUT2D eigenvalue weighted by molar-refractivity contribution is 0.312. The van der Waals surface area contributed by atoms with E-state index >= 15 is 0 Å². The number of sulfonamides is 1. The first-order valence-electron chi connectivity index (χ1n) is 8.13. The number of nitrogens with zero attached hydrogens (tertiary/aromatic N) is 3. The van der Waals surface area contributed by atoms with Gasteiger partial charge >= 0.3 is 0 Å². The topological polar surface area (TPSA) is 43.9 Å². The summed E-state index contributed by atoms with van der Waals surface area (Å²) < 4.78 is 27.6. The van der Waals surface area contributed by atoms with Gasteiger partial charge in [-0.15, -0.1) is 23.7 Å². The highest BCUT2D eigenvalue weighted by Gasteiger charge is 2.33. The van der Waals surface area contributed by atoms with Gasteiger partial charge < -0.3 is 9.80 Å². The Labute approximate surface area is 159 Å². The quantitative estimate of drug-likeness (QED) is 0.795. The van der Waals surface area contributed by atoms with Crippen LogP contribution in [-0.4, -0.2) is 50.8 Å². The number of halogens is 1. The fourth-order valence-corrected chi connectivity index (χ4v) is 5.96. The first-order chi connectivity index (χ1) is 11.6. The zero-order chi connectivity index (χ0) is 16.7. The fourth-order valence-electron chi connectivity index (χ4n) is 3.43. The molecule has 0 saturated carbocycles. The minimum absolute atomic E-state index is 0. The van der Waals surface area contributed by atoms with Gasteiger partial charge in [0.1, 0.15) is 4.21 Å². The summed E-state index contributed by atoms with van der Waals surface area (Å²) in [5.74, 6) is 0. The Bertz CT molecular complexity index is 832. The maximum atomic E-state index is 12.8. The molecule has 3 heterocycles. The summed E-state index contributed by atoms with van der Waals surface area (Å²) in [5.41, 5.74) is 3.50. The van der Waals surface area contributed by atoms with Crippen molar-refractivity contribution in [3.8, 4) is 0 Å². The zero-order valence-electron chi connectivity index (χ0n) is 14.1. The summed E-state index contributed by atoms with van der Waals surface area (Å²) in [6.45, 7) is 5.01. The molecular weight excluding hydrogens is 378 g/mol. The van der Waals surface area contributed by atoms with E-state index in [9.17, 15) is 8.42 Å². The molecule has 5 nitrogen and oxygen atoms in total. The van der Waals surface area contributed by atoms with Gasteiger partial charge in [0.05, 0.1) is 0 Å². The molecule has 1 fully saturated rings. The third-order valence-corrected chi connectivity index (χ3v) is 8.03. The third-order valence-electron chi connectivity index (χ3n) is 4.86. The monoisotopic (exact) mass is 399 g/mol. The minimum Gasteiger partial charge on any atom is -0.369 e. The van der Waals surface area contributed by atoms with Gasteiger partial charge in [-0.05, 0) is 35.7 Å². The van der Waals surface area contributed by atoms with Crippen LogP contribution in [0, 0.1) is 0 Å². The highest BCUT2D eigenvalue weighted by atomic mass is 35.5. The molecular formula is C17H22ClN3O2S2. The molecule has 136 valence electrons. The predicted octanol–water partition coefficient (Wildman–Crippen LogP) is 2.63. The van der Waals surface area contributed by atoms with Gasteiger partial charge in [0.2, 0.25) is 0 Å². The van der Waals surface area contributed by atoms with Crippen molar-refractivity contribution in [1.82, 2.24) is 9.21 Å². The van der Waals surface area contributed by atoms with E-state index < -0.39 is 10.0 Å². The van der Waals surface area contributed by atoms with Crippen LogP contribution in [0.4, 0.5) is 5.69 Å². The second kappa shape index (κ2) is 7.25. The van der Waals surface area contributed by atoms with Gasteiger partial charge in [0.15, 0.2) is 0 Å². The van der Waals surface area contributed by atoms with Crippen LogP contribution in [0.5, 0.6) is 0 Å². The number of anilines is 1. The molecule has 0 aliphatic carbocycles. The lowest BCUT2D eigenvalue weighted by atomic mass is 10.1. The highest BCUT2D eigenvalue weighted by molar-refractivity contribution is 7.91. The van der Waals surface area contributed by atoms with Crippen LogP contribution in [0.25, 0.3) is 0 Å². The summed E-state index contributed by atoms with van der Waals surface area (Å²) in [7, 11) is -1.25. The van der Waals surface area contributed by atoms with E-state index in [0.717, 1.165) is 31.7 Å². The molecule has 0 bridgehead atoms. The van der Waals surface area contributed by atoms with Crippen LogP contribution in [0.1, 0.15) is 11.1 Å². The predicted molar refractivity (Wildman–Crippen MR) is 104 cm³/mol. The van der Waals surface area contributed by atoms with Crippen LogP contribution in [0.15, 0.2) is 39.9 Å². The zero-order valence-corrected chi connectivity index (χ0v) is 16.5. The van der Waals surface area contributed by atoms with Crippen LogP contribution in [0.3, 0.4) is 0 Å². The SMILES string of the molecule is CN1CCN(c2cccc3c2CN(S(=O)(=O)c2cccs2)C3)CC1.Cl. The number of piperazine rings is 1. The Morgan fingerprint density at radius 1 is 1.00 bits per heavy atom. The second-order valence-electron chi connectivity index (χ2n) is 6.41. The summed E-state index contributed by atoms with van der Waals surface area (Å²) in [5, 5.41) is 1.81. The van der Waals surface area contributed by atoms with Crippen LogP contribution in [0.2, 0.25) is 0 Å². The van der Waals surface area contributed by atoms with Crippen molar-refractivity contribution in [2.45, 2.75) is 17.3 Å². The molecule has 25 heavy (non-hydrogen) atoms. The van der Waals surface area contributed by atoms with Crippen molar-refractivity contribution in [1.29, 1.82) is 0 Å². The Morgan fingerprint density at radius 3 is 2.44 bits per heavy atom. The molecule has 0 amide bonds. The van der Waals surface area contributed by atoms with Gasteiger partial charge in [0, 0.05) is 45.0 Å². The van der Waals surface area contributed by atoms with Crippen LogP contribution < -0.4 is 4.90 Å². The lowest BCUT2D eigenvalue weighted by Gasteiger charge is -2.35. The van der Waals surface area contributed by atoms with Crippen LogP contribution >= 0.6 is 23.7 Å². The molecule has 2 aliphatic heterocycles. The molecule has 2 aliphatic rings. The number of hydrogen-bond acceptors (Lipinski definition) is 5. The molecule has 0 N–H and O–H groups in total. The number of likely N-dealkylation sites (N-methyl/N-ethyl adjacent to an activating group) is 1. The Kier molecular flexibility index (Phi) is 5.41. The molecule has 1 aromatic heterocycles. The maximum Gasteiger partial charge on any atom is 0.253 e. The molecule has 0 unspecified atom stereocenters. The van der Waals surface area contributed by atoms with Crippen molar-refractivity contribution in [2.75, 3.05) is 38.1 Å². The minimum atomic E-state index is -3.39. The van der Waals surface area contributed by atoms with E-state index in [-0.39, 0.29) is 12.4 Å². The number of benzene rings is 1. The van der Waals surface area contributed by atoms with E-state index in [0.29, 0.717) is 17.3 Å². The van der Waals surface area contributed by atoms with E-state index in [1.807, 2.05) is 11.4 Å². The average Bonchev–Trinajstić information content (AvgIpc) is 3.25. The molecule has 2 aromatic rings. The van der Waals surface area contributed by atoms with Crippen molar-refractivity contribution in [2.24, 2.45) is 0 Å². The first kappa shape index (κ1) is 18.7. The number of fused-ring (bicyclic) bond motifs is 1. The van der Waals surface area contributed by atoms with Crippen molar-refractivity contribution >= 4 is 39.5 Å². The highest BCUT2D eigenvalue weighted by Crippen LogP contribution is 2.35. The molecule has 0 spiro atoms. The summed E-state index contributed by atoms with van der Waals surface area (Å²) >= 11 is 1.28. The van der Waals surface area contributed by atoms with Gasteiger partial charge in [-0.2, -0.15) is 4.31 Å². The largest absolute Gasteiger partial charge is 0.369 e. The van der Waals surface area contributed by atoms with Crippen molar-refractivity contribution in [3.63, 3.8) is 0 Å². The molecule has 4 rings (SSSR count). The third kappa shape index (κ3) is 3.44. The van der Waals surface area contributed by atoms with E-state index in [4.69, 9.17) is 0 Å². The standard InChI is InChI=1S/C17H21N3O2S2.ClH/c1-18-7-9-19(10-8-18)16-5-2-4-14-12-20(13-15(14)16)24(21,22)17-6-3-11-23-17;/h2-6,11H,7-10,12-13H2,1H3;1H. The van der Waals surface area contributed by atoms with Gasteiger partial charge in [0.25, 0.3) is 10.0 Å². The van der Waals surface area contributed by atoms with Crippen molar-refractivity contribution in [3.05, 3.63) is 46.8 Å².